The molecule has 2 aromatic carbocycles. The third kappa shape index (κ3) is 3.61. The highest BCUT2D eigenvalue weighted by molar-refractivity contribution is 6.35. The molecule has 152 valence electrons. The number of unbranched alkanes of at least 4 members (excludes halogenated alkanes) is 1. The van der Waals surface area contributed by atoms with Gasteiger partial charge in [-0.25, -0.2) is 5.06 Å². The molecule has 8 heteroatoms. The predicted molar refractivity (Wildman–Crippen MR) is 113 cm³/mol. The van der Waals surface area contributed by atoms with Crippen LogP contribution in [0.25, 0.3) is 0 Å². The van der Waals surface area contributed by atoms with Crippen LogP contribution in [0, 0.1) is 5.92 Å². The zero-order chi connectivity index (χ0) is 20.7. The van der Waals surface area contributed by atoms with Gasteiger partial charge in [-0.1, -0.05) is 54.2 Å². The van der Waals surface area contributed by atoms with Crippen LogP contribution in [0.3, 0.4) is 0 Å². The van der Waals surface area contributed by atoms with Crippen molar-refractivity contribution in [3.8, 4) is 0 Å². The van der Waals surface area contributed by atoms with Crippen LogP contribution in [0.2, 0.25) is 15.1 Å². The highest BCUT2D eigenvalue weighted by Gasteiger charge is 2.59. The van der Waals surface area contributed by atoms with E-state index in [9.17, 15) is 9.59 Å². The molecule has 0 bridgehead atoms. The maximum atomic E-state index is 13.2. The molecule has 3 atom stereocenters. The van der Waals surface area contributed by atoms with Gasteiger partial charge in [0.15, 0.2) is 6.10 Å². The molecular weight excluding hydrogens is 435 g/mol. The van der Waals surface area contributed by atoms with Gasteiger partial charge >= 0.3 is 0 Å². The smallest absolute Gasteiger partial charge is 0.261 e. The molecule has 2 amide bonds. The molecule has 0 saturated carbocycles. The second-order valence-corrected chi connectivity index (χ2v) is 8.43. The predicted octanol–water partition coefficient (Wildman–Crippen LogP) is 5.29. The summed E-state index contributed by atoms with van der Waals surface area (Å²) in [5.74, 6) is -1.23. The minimum atomic E-state index is -0.883. The van der Waals surface area contributed by atoms with Gasteiger partial charge in [0.1, 0.15) is 5.92 Å². The third-order valence-corrected chi connectivity index (χ3v) is 6.12. The number of imide groups is 1. The summed E-state index contributed by atoms with van der Waals surface area (Å²) in [6, 6.07) is 11.6. The first-order valence-corrected chi connectivity index (χ1v) is 10.6. The second kappa shape index (κ2) is 8.15. The number of rotatable bonds is 5. The second-order valence-electron chi connectivity index (χ2n) is 7.15. The van der Waals surface area contributed by atoms with E-state index in [-0.39, 0.29) is 11.8 Å². The Kier molecular flexibility index (Phi) is 5.76. The van der Waals surface area contributed by atoms with Crippen molar-refractivity contribution < 1.29 is 14.4 Å². The summed E-state index contributed by atoms with van der Waals surface area (Å²) in [5.41, 5.74) is 1.36. The van der Waals surface area contributed by atoms with E-state index in [0.29, 0.717) is 32.9 Å². The van der Waals surface area contributed by atoms with Crippen LogP contribution < -0.4 is 5.06 Å². The van der Waals surface area contributed by atoms with Crippen molar-refractivity contribution in [3.63, 3.8) is 0 Å². The number of likely N-dealkylation sites (tertiary alicyclic amines) is 1. The van der Waals surface area contributed by atoms with Gasteiger partial charge < -0.3 is 0 Å². The standard InChI is InChI=1S/C21H19Cl3N2O3/c1-2-3-10-25-20(27)17-18(15-9-6-13(23)11-16(15)24)26(29-19(17)21(25)28)14-7-4-12(22)5-8-14/h4-9,11,17-19H,2-3,10H2,1H3/t17-,18+,19+/m0/s1. The Hall–Kier alpha value is -1.79. The third-order valence-electron chi connectivity index (χ3n) is 5.30. The molecule has 0 aliphatic carbocycles. The van der Waals surface area contributed by atoms with Gasteiger partial charge in [-0.2, -0.15) is 0 Å². The molecule has 2 saturated heterocycles. The van der Waals surface area contributed by atoms with Crippen molar-refractivity contribution >= 4 is 52.3 Å². The van der Waals surface area contributed by atoms with Gasteiger partial charge in [0.05, 0.1) is 11.7 Å². The van der Waals surface area contributed by atoms with Crippen LogP contribution in [0.15, 0.2) is 42.5 Å². The monoisotopic (exact) mass is 452 g/mol. The lowest BCUT2D eigenvalue weighted by molar-refractivity contribution is -0.143. The summed E-state index contributed by atoms with van der Waals surface area (Å²) in [7, 11) is 0. The van der Waals surface area contributed by atoms with E-state index in [2.05, 4.69) is 0 Å². The number of carbonyl (C=O) groups excluding carboxylic acids is 2. The first-order chi connectivity index (χ1) is 13.9. The highest BCUT2D eigenvalue weighted by atomic mass is 35.5. The fourth-order valence-corrected chi connectivity index (χ4v) is 4.52. The number of hydrogen-bond donors (Lipinski definition) is 0. The van der Waals surface area contributed by atoms with Crippen LogP contribution in [0.5, 0.6) is 0 Å². The van der Waals surface area contributed by atoms with Gasteiger partial charge in [0.25, 0.3) is 5.91 Å². The molecule has 2 aliphatic heterocycles. The molecule has 4 rings (SSSR count). The van der Waals surface area contributed by atoms with E-state index in [1.54, 1.807) is 47.5 Å². The summed E-state index contributed by atoms with van der Waals surface area (Å²) in [5, 5.41) is 3.07. The van der Waals surface area contributed by atoms with E-state index < -0.39 is 18.1 Å². The lowest BCUT2D eigenvalue weighted by atomic mass is 9.90. The minimum absolute atomic E-state index is 0.235. The molecular formula is C21H19Cl3N2O3. The molecule has 2 aliphatic rings. The Morgan fingerprint density at radius 3 is 2.31 bits per heavy atom. The maximum Gasteiger partial charge on any atom is 0.261 e. The number of halogens is 3. The molecule has 0 N–H and O–H groups in total. The number of fused-ring (bicyclic) bond motifs is 1. The molecule has 0 unspecified atom stereocenters. The molecule has 2 fully saturated rings. The van der Waals surface area contributed by atoms with Crippen LogP contribution in [0.4, 0.5) is 5.69 Å². The van der Waals surface area contributed by atoms with E-state index in [1.165, 1.54) is 4.90 Å². The van der Waals surface area contributed by atoms with Gasteiger partial charge in [-0.3, -0.25) is 19.3 Å². The molecule has 29 heavy (non-hydrogen) atoms. The highest BCUT2D eigenvalue weighted by Crippen LogP contribution is 2.48. The first-order valence-electron chi connectivity index (χ1n) is 9.44. The number of amides is 2. The lowest BCUT2D eigenvalue weighted by Crippen LogP contribution is -2.37. The number of hydrogen-bond acceptors (Lipinski definition) is 4. The van der Waals surface area contributed by atoms with Gasteiger partial charge in [-0.15, -0.1) is 0 Å². The molecule has 5 nitrogen and oxygen atoms in total. The average Bonchev–Trinajstić information content (AvgIpc) is 3.18. The quantitative estimate of drug-likeness (QED) is 0.577. The molecule has 0 aromatic heterocycles. The van der Waals surface area contributed by atoms with E-state index in [1.807, 2.05) is 6.92 Å². The van der Waals surface area contributed by atoms with E-state index in [0.717, 1.165) is 12.8 Å². The fraction of sp³-hybridized carbons (Fsp3) is 0.333. The van der Waals surface area contributed by atoms with E-state index >= 15 is 0 Å². The summed E-state index contributed by atoms with van der Waals surface area (Å²) in [6.45, 7) is 2.41. The molecule has 0 spiro atoms. The largest absolute Gasteiger partial charge is 0.280 e. The lowest BCUT2D eigenvalue weighted by Gasteiger charge is -2.29. The van der Waals surface area contributed by atoms with Gasteiger partial charge in [0, 0.05) is 21.6 Å². The molecule has 0 radical (unpaired) electrons. The van der Waals surface area contributed by atoms with Crippen LogP contribution in [0.1, 0.15) is 31.4 Å². The van der Waals surface area contributed by atoms with Crippen molar-refractivity contribution in [3.05, 3.63) is 63.1 Å². The molecule has 2 aromatic rings. The van der Waals surface area contributed by atoms with Gasteiger partial charge in [0.2, 0.25) is 5.91 Å². The van der Waals surface area contributed by atoms with Crippen molar-refractivity contribution in [1.29, 1.82) is 0 Å². The summed E-state index contributed by atoms with van der Waals surface area (Å²) in [6.07, 6.45) is 0.757. The zero-order valence-electron chi connectivity index (χ0n) is 15.6. The van der Waals surface area contributed by atoms with Gasteiger partial charge in [-0.05, 0) is 48.4 Å². The maximum absolute atomic E-state index is 13.2. The zero-order valence-corrected chi connectivity index (χ0v) is 17.9. The van der Waals surface area contributed by atoms with Crippen molar-refractivity contribution in [2.75, 3.05) is 11.6 Å². The number of anilines is 1. The van der Waals surface area contributed by atoms with Crippen molar-refractivity contribution in [1.82, 2.24) is 4.90 Å². The Bertz CT molecular complexity index is 951. The van der Waals surface area contributed by atoms with Crippen LogP contribution >= 0.6 is 34.8 Å². The Labute approximate surface area is 184 Å². The Balaban J connectivity index is 1.77. The summed E-state index contributed by atoms with van der Waals surface area (Å²) >= 11 is 18.6. The normalized spacial score (nSPS) is 23.8. The number of hydroxylamine groups is 1. The average molecular weight is 454 g/mol. The number of benzene rings is 2. The number of nitrogens with zero attached hydrogens (tertiary/aromatic N) is 2. The van der Waals surface area contributed by atoms with Crippen LogP contribution in [-0.4, -0.2) is 29.4 Å². The Morgan fingerprint density at radius 1 is 0.966 bits per heavy atom. The topological polar surface area (TPSA) is 49.9 Å². The fourth-order valence-electron chi connectivity index (χ4n) is 3.88. The van der Waals surface area contributed by atoms with Crippen molar-refractivity contribution in [2.45, 2.75) is 31.9 Å². The SMILES string of the molecule is CCCCN1C(=O)[C@H]2[C@@H](c3ccc(Cl)cc3Cl)N(c3ccc(Cl)cc3)O[C@H]2C1=O. The van der Waals surface area contributed by atoms with E-state index in [4.69, 9.17) is 39.6 Å². The first kappa shape index (κ1) is 20.5. The Morgan fingerprint density at radius 2 is 1.66 bits per heavy atom. The molecule has 2 heterocycles. The van der Waals surface area contributed by atoms with Crippen molar-refractivity contribution in [2.24, 2.45) is 5.92 Å². The minimum Gasteiger partial charge on any atom is -0.280 e. The number of carbonyl (C=O) groups is 2. The van der Waals surface area contributed by atoms with Crippen LogP contribution in [-0.2, 0) is 14.4 Å². The summed E-state index contributed by atoms with van der Waals surface area (Å²) in [4.78, 5) is 33.5. The summed E-state index contributed by atoms with van der Waals surface area (Å²) < 4.78 is 0.